The lowest BCUT2D eigenvalue weighted by atomic mass is 9.96. The molecule has 1 atom stereocenters. The Hall–Kier alpha value is -0.350. The molecule has 1 aliphatic carbocycles. The van der Waals surface area contributed by atoms with Crippen LogP contribution in [0.5, 0.6) is 0 Å². The monoisotopic (exact) mass is 176 g/mol. The first-order valence-corrected chi connectivity index (χ1v) is 5.10. The van der Waals surface area contributed by atoms with E-state index in [0.717, 1.165) is 12.8 Å². The van der Waals surface area contributed by atoms with Gasteiger partial charge in [-0.15, -0.1) is 0 Å². The summed E-state index contributed by atoms with van der Waals surface area (Å²) in [6.45, 7) is 2.07. The second-order valence-electron chi connectivity index (χ2n) is 3.03. The summed E-state index contributed by atoms with van der Waals surface area (Å²) >= 11 is 0. The summed E-state index contributed by atoms with van der Waals surface area (Å²) in [5.41, 5.74) is 0. The van der Waals surface area contributed by atoms with E-state index in [1.165, 1.54) is 0 Å². The molecule has 0 amide bonds. The summed E-state index contributed by atoms with van der Waals surface area (Å²) in [5, 5.41) is 0. The summed E-state index contributed by atoms with van der Waals surface area (Å²) in [5.74, 6) is 0.542. The van der Waals surface area contributed by atoms with Crippen LogP contribution in [-0.2, 0) is 10.1 Å². The molecule has 0 aromatic carbocycles. The van der Waals surface area contributed by atoms with Crippen LogP contribution in [0.1, 0.15) is 26.2 Å². The quantitative estimate of drug-likeness (QED) is 0.617. The van der Waals surface area contributed by atoms with Crippen molar-refractivity contribution in [3.8, 4) is 0 Å². The van der Waals surface area contributed by atoms with Gasteiger partial charge < -0.3 is 0 Å². The number of rotatable bonds is 1. The first kappa shape index (κ1) is 8.74. The van der Waals surface area contributed by atoms with Gasteiger partial charge in [0.25, 0.3) is 10.1 Å². The van der Waals surface area contributed by atoms with Crippen LogP contribution in [-0.4, -0.2) is 13.0 Å². The fraction of sp³-hybridized carbons (Fsp3) is 0.714. The Morgan fingerprint density at radius 1 is 1.64 bits per heavy atom. The highest BCUT2D eigenvalue weighted by molar-refractivity contribution is 7.89. The topological polar surface area (TPSA) is 54.4 Å². The lowest BCUT2D eigenvalue weighted by Gasteiger charge is -2.15. The molecule has 1 rings (SSSR count). The molecule has 0 aromatic rings. The van der Waals surface area contributed by atoms with E-state index in [1.807, 2.05) is 0 Å². The molecule has 1 unspecified atom stereocenters. The van der Waals surface area contributed by atoms with E-state index in [9.17, 15) is 8.42 Å². The molecular formula is C7H12O3S. The molecule has 0 radical (unpaired) electrons. The fourth-order valence-corrected chi connectivity index (χ4v) is 1.86. The number of allylic oxidation sites excluding steroid dienone is 2. The second kappa shape index (κ2) is 2.95. The molecule has 0 saturated carbocycles. The lowest BCUT2D eigenvalue weighted by Crippen LogP contribution is -2.08. The van der Waals surface area contributed by atoms with Crippen molar-refractivity contribution in [2.24, 2.45) is 5.92 Å². The van der Waals surface area contributed by atoms with Crippen LogP contribution in [0, 0.1) is 5.92 Å². The maximum Gasteiger partial charge on any atom is 0.290 e. The van der Waals surface area contributed by atoms with Gasteiger partial charge in [-0.2, -0.15) is 8.42 Å². The summed E-state index contributed by atoms with van der Waals surface area (Å²) in [7, 11) is -3.89. The van der Waals surface area contributed by atoms with E-state index in [4.69, 9.17) is 4.55 Å². The van der Waals surface area contributed by atoms with E-state index in [0.29, 0.717) is 12.3 Å². The van der Waals surface area contributed by atoms with Gasteiger partial charge in [-0.05, 0) is 25.2 Å². The number of hydrogen-bond acceptors (Lipinski definition) is 2. The molecule has 0 heterocycles. The van der Waals surface area contributed by atoms with E-state index in [2.05, 4.69) is 6.92 Å². The van der Waals surface area contributed by atoms with Crippen molar-refractivity contribution in [3.05, 3.63) is 11.0 Å². The smallest absolute Gasteiger partial charge is 0.282 e. The first-order valence-electron chi connectivity index (χ1n) is 3.66. The van der Waals surface area contributed by atoms with Crippen LogP contribution in [0.2, 0.25) is 0 Å². The largest absolute Gasteiger partial charge is 0.290 e. The average Bonchev–Trinajstić information content (AvgIpc) is 1.86. The summed E-state index contributed by atoms with van der Waals surface area (Å²) in [6.07, 6.45) is 3.71. The molecule has 64 valence electrons. The standard InChI is InChI=1S/C7H12O3S/c1-6-2-4-7(5-3-6)11(8,9)10/h4,6H,2-3,5H2,1H3,(H,8,9,10). The van der Waals surface area contributed by atoms with Crippen molar-refractivity contribution in [3.63, 3.8) is 0 Å². The fourth-order valence-electron chi connectivity index (χ4n) is 1.18. The van der Waals surface area contributed by atoms with Gasteiger partial charge in [-0.1, -0.05) is 13.0 Å². The van der Waals surface area contributed by atoms with E-state index in [-0.39, 0.29) is 4.91 Å². The molecule has 0 saturated heterocycles. The van der Waals surface area contributed by atoms with Crippen LogP contribution in [0.25, 0.3) is 0 Å². The third kappa shape index (κ3) is 2.31. The molecule has 1 N–H and O–H groups in total. The van der Waals surface area contributed by atoms with Crippen LogP contribution in [0.15, 0.2) is 11.0 Å². The van der Waals surface area contributed by atoms with Gasteiger partial charge in [0.15, 0.2) is 0 Å². The SMILES string of the molecule is CC1CC=C(S(=O)(=O)O)CC1. The normalized spacial score (nSPS) is 26.4. The predicted octanol–water partition coefficient (Wildman–Crippen LogP) is 1.58. The van der Waals surface area contributed by atoms with Crippen molar-refractivity contribution in [2.45, 2.75) is 26.2 Å². The first-order chi connectivity index (χ1) is 5.00. The molecule has 0 aromatic heterocycles. The Morgan fingerprint density at radius 2 is 2.27 bits per heavy atom. The van der Waals surface area contributed by atoms with Crippen molar-refractivity contribution < 1.29 is 13.0 Å². The highest BCUT2D eigenvalue weighted by Crippen LogP contribution is 2.25. The van der Waals surface area contributed by atoms with Gasteiger partial charge in [-0.25, -0.2) is 0 Å². The maximum atomic E-state index is 10.6. The third-order valence-corrected chi connectivity index (χ3v) is 3.00. The molecule has 0 bridgehead atoms. The lowest BCUT2D eigenvalue weighted by molar-refractivity contribution is 0.474. The Morgan fingerprint density at radius 3 is 2.64 bits per heavy atom. The van der Waals surface area contributed by atoms with Crippen LogP contribution < -0.4 is 0 Å². The molecule has 11 heavy (non-hydrogen) atoms. The van der Waals surface area contributed by atoms with Crippen molar-refractivity contribution in [1.29, 1.82) is 0 Å². The van der Waals surface area contributed by atoms with Gasteiger partial charge in [0.05, 0.1) is 4.91 Å². The molecule has 0 aliphatic heterocycles. The average molecular weight is 176 g/mol. The van der Waals surface area contributed by atoms with E-state index < -0.39 is 10.1 Å². The molecular weight excluding hydrogens is 164 g/mol. The maximum absolute atomic E-state index is 10.6. The highest BCUT2D eigenvalue weighted by atomic mass is 32.2. The Bertz CT molecular complexity index is 263. The van der Waals surface area contributed by atoms with Crippen LogP contribution in [0.4, 0.5) is 0 Å². The van der Waals surface area contributed by atoms with Gasteiger partial charge in [0.2, 0.25) is 0 Å². The summed E-state index contributed by atoms with van der Waals surface area (Å²) < 4.78 is 29.8. The van der Waals surface area contributed by atoms with Crippen molar-refractivity contribution in [1.82, 2.24) is 0 Å². The van der Waals surface area contributed by atoms with Gasteiger partial charge in [-0.3, -0.25) is 4.55 Å². The summed E-state index contributed by atoms with van der Waals surface area (Å²) in [6, 6.07) is 0. The Labute approximate surface area is 66.9 Å². The third-order valence-electron chi connectivity index (χ3n) is 1.96. The number of hydrogen-bond donors (Lipinski definition) is 1. The minimum Gasteiger partial charge on any atom is -0.282 e. The summed E-state index contributed by atoms with van der Waals surface area (Å²) in [4.78, 5) is 0.190. The zero-order valence-electron chi connectivity index (χ0n) is 6.45. The Kier molecular flexibility index (Phi) is 2.34. The van der Waals surface area contributed by atoms with Crippen LogP contribution in [0.3, 0.4) is 0 Å². The second-order valence-corrected chi connectivity index (χ2v) is 4.50. The zero-order valence-corrected chi connectivity index (χ0v) is 7.26. The molecule has 1 aliphatic rings. The van der Waals surface area contributed by atoms with Crippen molar-refractivity contribution in [2.75, 3.05) is 0 Å². The van der Waals surface area contributed by atoms with Crippen molar-refractivity contribution >= 4 is 10.1 Å². The highest BCUT2D eigenvalue weighted by Gasteiger charge is 2.18. The minimum atomic E-state index is -3.89. The van der Waals surface area contributed by atoms with Crippen LogP contribution >= 0.6 is 0 Å². The zero-order chi connectivity index (χ0) is 8.48. The van der Waals surface area contributed by atoms with E-state index in [1.54, 1.807) is 6.08 Å². The predicted molar refractivity (Wildman–Crippen MR) is 42.6 cm³/mol. The Balaban J connectivity index is 2.78. The molecule has 0 spiro atoms. The molecule has 0 fully saturated rings. The minimum absolute atomic E-state index is 0.190. The van der Waals surface area contributed by atoms with Gasteiger partial charge in [0, 0.05) is 0 Å². The van der Waals surface area contributed by atoms with Gasteiger partial charge >= 0.3 is 0 Å². The van der Waals surface area contributed by atoms with Gasteiger partial charge in [0.1, 0.15) is 0 Å². The molecule has 3 nitrogen and oxygen atoms in total. The van der Waals surface area contributed by atoms with E-state index >= 15 is 0 Å². The molecule has 4 heteroatoms.